The van der Waals surface area contributed by atoms with E-state index in [1.54, 1.807) is 4.90 Å². The van der Waals surface area contributed by atoms with E-state index < -0.39 is 0 Å². The SMILES string of the molecule is Cc1ccc(OCC(=O)N2CCOCC2)cc1. The van der Waals surface area contributed by atoms with Crippen molar-refractivity contribution in [3.05, 3.63) is 29.8 Å². The quantitative estimate of drug-likeness (QED) is 0.791. The van der Waals surface area contributed by atoms with Gasteiger partial charge in [0.15, 0.2) is 6.61 Å². The van der Waals surface area contributed by atoms with Crippen molar-refractivity contribution in [1.82, 2.24) is 4.90 Å². The average molecular weight is 235 g/mol. The summed E-state index contributed by atoms with van der Waals surface area (Å²) in [4.78, 5) is 13.6. The number of morpholine rings is 1. The first-order valence-electron chi connectivity index (χ1n) is 5.81. The fraction of sp³-hybridized carbons (Fsp3) is 0.462. The number of rotatable bonds is 3. The van der Waals surface area contributed by atoms with E-state index in [0.29, 0.717) is 26.3 Å². The highest BCUT2D eigenvalue weighted by Crippen LogP contribution is 2.11. The third-order valence-corrected chi connectivity index (χ3v) is 2.75. The van der Waals surface area contributed by atoms with Gasteiger partial charge in [-0.2, -0.15) is 0 Å². The highest BCUT2D eigenvalue weighted by Gasteiger charge is 2.16. The predicted octanol–water partition coefficient (Wildman–Crippen LogP) is 1.23. The van der Waals surface area contributed by atoms with Crippen molar-refractivity contribution in [1.29, 1.82) is 0 Å². The lowest BCUT2D eigenvalue weighted by atomic mass is 10.2. The molecule has 1 aromatic rings. The van der Waals surface area contributed by atoms with E-state index >= 15 is 0 Å². The topological polar surface area (TPSA) is 38.8 Å². The summed E-state index contributed by atoms with van der Waals surface area (Å²) in [5, 5.41) is 0. The minimum atomic E-state index is 0.0221. The number of aryl methyl sites for hydroxylation is 1. The molecule has 0 aliphatic carbocycles. The summed E-state index contributed by atoms with van der Waals surface area (Å²) in [6.45, 7) is 4.68. The Balaban J connectivity index is 1.81. The minimum Gasteiger partial charge on any atom is -0.484 e. The number of carbonyl (C=O) groups is 1. The fourth-order valence-electron chi connectivity index (χ4n) is 1.68. The third-order valence-electron chi connectivity index (χ3n) is 2.75. The summed E-state index contributed by atoms with van der Waals surface area (Å²) in [5.74, 6) is 0.756. The van der Waals surface area contributed by atoms with Crippen molar-refractivity contribution in [2.75, 3.05) is 32.9 Å². The fourth-order valence-corrected chi connectivity index (χ4v) is 1.68. The zero-order valence-electron chi connectivity index (χ0n) is 10.0. The standard InChI is InChI=1S/C13H17NO3/c1-11-2-4-12(5-3-11)17-10-13(15)14-6-8-16-9-7-14/h2-5H,6-10H2,1H3. The number of benzene rings is 1. The number of nitrogens with zero attached hydrogens (tertiary/aromatic N) is 1. The second kappa shape index (κ2) is 5.68. The molecule has 92 valence electrons. The smallest absolute Gasteiger partial charge is 0.260 e. The van der Waals surface area contributed by atoms with Gasteiger partial charge in [0, 0.05) is 13.1 Å². The number of carbonyl (C=O) groups excluding carboxylic acids is 1. The Hall–Kier alpha value is -1.55. The molecule has 0 unspecified atom stereocenters. The highest BCUT2D eigenvalue weighted by atomic mass is 16.5. The van der Waals surface area contributed by atoms with Gasteiger partial charge in [-0.25, -0.2) is 0 Å². The molecule has 1 aliphatic heterocycles. The van der Waals surface area contributed by atoms with Gasteiger partial charge in [0.25, 0.3) is 5.91 Å². The summed E-state index contributed by atoms with van der Waals surface area (Å²) in [6.07, 6.45) is 0. The van der Waals surface area contributed by atoms with Gasteiger partial charge in [-0.05, 0) is 19.1 Å². The Bertz CT molecular complexity index is 369. The van der Waals surface area contributed by atoms with Gasteiger partial charge in [-0.1, -0.05) is 17.7 Å². The molecule has 0 bridgehead atoms. The largest absolute Gasteiger partial charge is 0.484 e. The molecule has 0 N–H and O–H groups in total. The van der Waals surface area contributed by atoms with Crippen molar-refractivity contribution >= 4 is 5.91 Å². The Morgan fingerprint density at radius 3 is 2.59 bits per heavy atom. The number of ether oxygens (including phenoxy) is 2. The Morgan fingerprint density at radius 2 is 1.94 bits per heavy atom. The number of hydrogen-bond donors (Lipinski definition) is 0. The van der Waals surface area contributed by atoms with Crippen LogP contribution >= 0.6 is 0 Å². The molecule has 0 spiro atoms. The Kier molecular flexibility index (Phi) is 3.98. The molecular weight excluding hydrogens is 218 g/mol. The normalized spacial score (nSPS) is 15.7. The summed E-state index contributed by atoms with van der Waals surface area (Å²) in [5.41, 5.74) is 1.18. The van der Waals surface area contributed by atoms with Crippen LogP contribution in [0, 0.1) is 6.92 Å². The van der Waals surface area contributed by atoms with Gasteiger partial charge < -0.3 is 14.4 Å². The van der Waals surface area contributed by atoms with E-state index in [2.05, 4.69) is 0 Å². The average Bonchev–Trinajstić information content (AvgIpc) is 2.39. The zero-order valence-corrected chi connectivity index (χ0v) is 10.0. The van der Waals surface area contributed by atoms with Crippen LogP contribution in [0.4, 0.5) is 0 Å². The molecule has 4 nitrogen and oxygen atoms in total. The van der Waals surface area contributed by atoms with Gasteiger partial charge in [-0.15, -0.1) is 0 Å². The molecule has 1 fully saturated rings. The summed E-state index contributed by atoms with van der Waals surface area (Å²) in [7, 11) is 0. The Labute approximate surface area is 101 Å². The van der Waals surface area contributed by atoms with Crippen molar-refractivity contribution in [3.63, 3.8) is 0 Å². The molecule has 4 heteroatoms. The van der Waals surface area contributed by atoms with Gasteiger partial charge in [0.2, 0.25) is 0 Å². The van der Waals surface area contributed by atoms with Crippen LogP contribution in [0.15, 0.2) is 24.3 Å². The van der Waals surface area contributed by atoms with E-state index in [1.807, 2.05) is 31.2 Å². The van der Waals surface area contributed by atoms with Crippen LogP contribution < -0.4 is 4.74 Å². The molecule has 1 heterocycles. The molecule has 17 heavy (non-hydrogen) atoms. The van der Waals surface area contributed by atoms with E-state index in [9.17, 15) is 4.79 Å². The maximum Gasteiger partial charge on any atom is 0.260 e. The molecule has 2 rings (SSSR count). The lowest BCUT2D eigenvalue weighted by Gasteiger charge is -2.26. The Morgan fingerprint density at radius 1 is 1.29 bits per heavy atom. The lowest BCUT2D eigenvalue weighted by molar-refractivity contribution is -0.137. The molecule has 1 amide bonds. The minimum absolute atomic E-state index is 0.0221. The molecule has 0 radical (unpaired) electrons. The van der Waals surface area contributed by atoms with Crippen molar-refractivity contribution in [2.45, 2.75) is 6.92 Å². The number of hydrogen-bond acceptors (Lipinski definition) is 3. The van der Waals surface area contributed by atoms with Crippen LogP contribution in [-0.2, 0) is 9.53 Å². The molecule has 0 atom stereocenters. The predicted molar refractivity (Wildman–Crippen MR) is 64.1 cm³/mol. The van der Waals surface area contributed by atoms with Crippen LogP contribution in [0.3, 0.4) is 0 Å². The second-order valence-corrected chi connectivity index (χ2v) is 4.09. The molecule has 1 aliphatic rings. The summed E-state index contributed by atoms with van der Waals surface area (Å²) >= 11 is 0. The first-order chi connectivity index (χ1) is 8.25. The summed E-state index contributed by atoms with van der Waals surface area (Å²) < 4.78 is 10.6. The van der Waals surface area contributed by atoms with Crippen molar-refractivity contribution < 1.29 is 14.3 Å². The maximum atomic E-state index is 11.8. The summed E-state index contributed by atoms with van der Waals surface area (Å²) in [6, 6.07) is 7.69. The van der Waals surface area contributed by atoms with E-state index in [4.69, 9.17) is 9.47 Å². The molecule has 0 aromatic heterocycles. The van der Waals surface area contributed by atoms with Gasteiger partial charge in [-0.3, -0.25) is 4.79 Å². The first kappa shape index (κ1) is 11.9. The van der Waals surface area contributed by atoms with Gasteiger partial charge in [0.1, 0.15) is 5.75 Å². The van der Waals surface area contributed by atoms with Crippen molar-refractivity contribution in [3.8, 4) is 5.75 Å². The molecule has 1 aromatic carbocycles. The van der Waals surface area contributed by atoms with E-state index in [0.717, 1.165) is 5.75 Å². The third kappa shape index (κ3) is 3.46. The monoisotopic (exact) mass is 235 g/mol. The van der Waals surface area contributed by atoms with Crippen LogP contribution in [-0.4, -0.2) is 43.7 Å². The zero-order chi connectivity index (χ0) is 12.1. The van der Waals surface area contributed by atoms with E-state index in [-0.39, 0.29) is 12.5 Å². The van der Waals surface area contributed by atoms with Crippen LogP contribution in [0.2, 0.25) is 0 Å². The van der Waals surface area contributed by atoms with Crippen LogP contribution in [0.5, 0.6) is 5.75 Å². The van der Waals surface area contributed by atoms with E-state index in [1.165, 1.54) is 5.56 Å². The number of amides is 1. The second-order valence-electron chi connectivity index (χ2n) is 4.09. The first-order valence-corrected chi connectivity index (χ1v) is 5.81. The molecule has 1 saturated heterocycles. The van der Waals surface area contributed by atoms with Crippen molar-refractivity contribution in [2.24, 2.45) is 0 Å². The molecule has 0 saturated carbocycles. The van der Waals surface area contributed by atoms with Crippen LogP contribution in [0.1, 0.15) is 5.56 Å². The molecular formula is C13H17NO3. The van der Waals surface area contributed by atoms with Crippen LogP contribution in [0.25, 0.3) is 0 Å². The van der Waals surface area contributed by atoms with Gasteiger partial charge >= 0.3 is 0 Å². The lowest BCUT2D eigenvalue weighted by Crippen LogP contribution is -2.42. The highest BCUT2D eigenvalue weighted by molar-refractivity contribution is 5.77. The van der Waals surface area contributed by atoms with Gasteiger partial charge in [0.05, 0.1) is 13.2 Å². The maximum absolute atomic E-state index is 11.8.